The molecule has 0 radical (unpaired) electrons. The summed E-state index contributed by atoms with van der Waals surface area (Å²) >= 11 is 0. The number of benzene rings is 1. The van der Waals surface area contributed by atoms with Gasteiger partial charge in [0.2, 0.25) is 0 Å². The van der Waals surface area contributed by atoms with Crippen molar-refractivity contribution in [1.29, 1.82) is 0 Å². The maximum atomic E-state index is 12.2. The van der Waals surface area contributed by atoms with Crippen molar-refractivity contribution in [2.24, 2.45) is 0 Å². The second-order valence-electron chi connectivity index (χ2n) is 4.23. The van der Waals surface area contributed by atoms with Crippen LogP contribution in [0.15, 0.2) is 17.0 Å². The number of aryl methyl sites for hydroxylation is 2. The fourth-order valence-corrected chi connectivity index (χ4v) is 3.26. The molecule has 1 aromatic rings. The summed E-state index contributed by atoms with van der Waals surface area (Å²) in [5.41, 5.74) is 1.13. The SMILES string of the molecule is CC#CCCS(=O)(=O)c1cc(C(=O)O)c(C)cc1C. The van der Waals surface area contributed by atoms with Gasteiger partial charge in [0.25, 0.3) is 0 Å². The van der Waals surface area contributed by atoms with Crippen molar-refractivity contribution in [3.05, 3.63) is 28.8 Å². The van der Waals surface area contributed by atoms with Gasteiger partial charge in [-0.3, -0.25) is 0 Å². The molecule has 0 heterocycles. The van der Waals surface area contributed by atoms with Gasteiger partial charge in [0.05, 0.1) is 16.2 Å². The molecule has 0 aliphatic rings. The molecule has 1 N–H and O–H groups in total. The number of carboxylic acids is 1. The number of hydrogen-bond donors (Lipinski definition) is 1. The molecule has 1 aromatic carbocycles. The molecule has 0 bridgehead atoms. The van der Waals surface area contributed by atoms with Crippen LogP contribution in [0.2, 0.25) is 0 Å². The Labute approximate surface area is 113 Å². The quantitative estimate of drug-likeness (QED) is 0.858. The zero-order chi connectivity index (χ0) is 14.6. The number of carbonyl (C=O) groups is 1. The van der Waals surface area contributed by atoms with Crippen LogP contribution in [0.5, 0.6) is 0 Å². The molecule has 0 aromatic heterocycles. The maximum Gasteiger partial charge on any atom is 0.335 e. The third-order valence-electron chi connectivity index (χ3n) is 2.76. The van der Waals surface area contributed by atoms with Gasteiger partial charge in [-0.15, -0.1) is 11.8 Å². The molecule has 102 valence electrons. The molecule has 0 spiro atoms. The van der Waals surface area contributed by atoms with Crippen LogP contribution in [0.25, 0.3) is 0 Å². The highest BCUT2D eigenvalue weighted by molar-refractivity contribution is 7.91. The average Bonchev–Trinajstić information content (AvgIpc) is 2.28. The summed E-state index contributed by atoms with van der Waals surface area (Å²) in [5.74, 6) is 4.11. The minimum Gasteiger partial charge on any atom is -0.478 e. The van der Waals surface area contributed by atoms with E-state index in [1.54, 1.807) is 26.8 Å². The molecule has 0 saturated heterocycles. The molecule has 0 aliphatic heterocycles. The molecule has 0 amide bonds. The number of aromatic carboxylic acids is 1. The van der Waals surface area contributed by atoms with E-state index in [1.807, 2.05) is 0 Å². The van der Waals surface area contributed by atoms with E-state index in [0.29, 0.717) is 11.1 Å². The summed E-state index contributed by atoms with van der Waals surface area (Å²) in [6, 6.07) is 2.82. The maximum absolute atomic E-state index is 12.2. The molecule has 0 aliphatic carbocycles. The fraction of sp³-hybridized carbons (Fsp3) is 0.357. The predicted octanol–water partition coefficient (Wildman–Crippen LogP) is 2.19. The van der Waals surface area contributed by atoms with Crippen molar-refractivity contribution >= 4 is 15.8 Å². The first kappa shape index (κ1) is 15.3. The smallest absolute Gasteiger partial charge is 0.335 e. The van der Waals surface area contributed by atoms with E-state index in [2.05, 4.69) is 11.8 Å². The molecule has 19 heavy (non-hydrogen) atoms. The van der Waals surface area contributed by atoms with E-state index in [9.17, 15) is 13.2 Å². The van der Waals surface area contributed by atoms with Gasteiger partial charge in [-0.2, -0.15) is 0 Å². The normalized spacial score (nSPS) is 10.7. The monoisotopic (exact) mass is 280 g/mol. The first-order valence-electron chi connectivity index (χ1n) is 5.76. The van der Waals surface area contributed by atoms with Crippen LogP contribution in [0.3, 0.4) is 0 Å². The van der Waals surface area contributed by atoms with Gasteiger partial charge in [-0.25, -0.2) is 13.2 Å². The lowest BCUT2D eigenvalue weighted by molar-refractivity contribution is 0.0696. The molecule has 0 atom stereocenters. The van der Waals surface area contributed by atoms with Gasteiger partial charge >= 0.3 is 5.97 Å². The summed E-state index contributed by atoms with van der Waals surface area (Å²) in [4.78, 5) is 11.1. The lowest BCUT2D eigenvalue weighted by atomic mass is 10.1. The minimum atomic E-state index is -3.50. The second kappa shape index (κ2) is 5.89. The second-order valence-corrected chi connectivity index (χ2v) is 6.31. The number of sulfone groups is 1. The van der Waals surface area contributed by atoms with Crippen molar-refractivity contribution in [3.8, 4) is 11.8 Å². The van der Waals surface area contributed by atoms with Crippen LogP contribution >= 0.6 is 0 Å². The highest BCUT2D eigenvalue weighted by Gasteiger charge is 2.20. The van der Waals surface area contributed by atoms with Crippen LogP contribution < -0.4 is 0 Å². The van der Waals surface area contributed by atoms with Crippen LogP contribution in [0.1, 0.15) is 34.8 Å². The summed E-state index contributed by atoms with van der Waals surface area (Å²) in [5, 5.41) is 9.04. The van der Waals surface area contributed by atoms with Gasteiger partial charge in [-0.05, 0) is 38.0 Å². The van der Waals surface area contributed by atoms with Crippen molar-refractivity contribution in [3.63, 3.8) is 0 Å². The Morgan fingerprint density at radius 3 is 2.42 bits per heavy atom. The van der Waals surface area contributed by atoms with Crippen LogP contribution in [0, 0.1) is 25.7 Å². The van der Waals surface area contributed by atoms with Gasteiger partial charge in [0, 0.05) is 6.42 Å². The first-order chi connectivity index (χ1) is 8.79. The number of rotatable bonds is 4. The average molecular weight is 280 g/mol. The predicted molar refractivity (Wildman–Crippen MR) is 73.0 cm³/mol. The van der Waals surface area contributed by atoms with Gasteiger partial charge in [-0.1, -0.05) is 6.07 Å². The zero-order valence-electron chi connectivity index (χ0n) is 11.1. The molecule has 1 rings (SSSR count). The standard InChI is InChI=1S/C14H16O4S/c1-4-5-6-7-19(17,18)13-9-12(14(15)16)10(2)8-11(13)3/h8-9H,6-7H2,1-3H3,(H,15,16). The van der Waals surface area contributed by atoms with E-state index in [0.717, 1.165) is 0 Å². The minimum absolute atomic E-state index is 0.0192. The molecular formula is C14H16O4S. The highest BCUT2D eigenvalue weighted by atomic mass is 32.2. The highest BCUT2D eigenvalue weighted by Crippen LogP contribution is 2.22. The fourth-order valence-electron chi connectivity index (χ4n) is 1.82. The van der Waals surface area contributed by atoms with Crippen molar-refractivity contribution in [1.82, 2.24) is 0 Å². The molecule has 5 heteroatoms. The largest absolute Gasteiger partial charge is 0.478 e. The zero-order valence-corrected chi connectivity index (χ0v) is 12.0. The van der Waals surface area contributed by atoms with Gasteiger partial charge in [0.15, 0.2) is 9.84 Å². The van der Waals surface area contributed by atoms with Crippen LogP contribution in [-0.2, 0) is 9.84 Å². The lowest BCUT2D eigenvalue weighted by Crippen LogP contribution is -2.11. The van der Waals surface area contributed by atoms with E-state index in [4.69, 9.17) is 5.11 Å². The summed E-state index contributed by atoms with van der Waals surface area (Å²) in [6.45, 7) is 4.96. The Hall–Kier alpha value is -1.80. The molecule has 0 saturated carbocycles. The third kappa shape index (κ3) is 3.58. The molecule has 4 nitrogen and oxygen atoms in total. The van der Waals surface area contributed by atoms with Gasteiger partial charge < -0.3 is 5.11 Å². The Bertz CT molecular complexity index is 661. The van der Waals surface area contributed by atoms with Crippen LogP contribution in [0.4, 0.5) is 0 Å². The first-order valence-corrected chi connectivity index (χ1v) is 7.41. The van der Waals surface area contributed by atoms with E-state index in [-0.39, 0.29) is 22.6 Å². The molecule has 0 fully saturated rings. The van der Waals surface area contributed by atoms with Crippen molar-refractivity contribution in [2.75, 3.05) is 5.75 Å². The van der Waals surface area contributed by atoms with Crippen LogP contribution in [-0.4, -0.2) is 25.2 Å². The van der Waals surface area contributed by atoms with Crippen molar-refractivity contribution < 1.29 is 18.3 Å². The van der Waals surface area contributed by atoms with Crippen molar-refractivity contribution in [2.45, 2.75) is 32.1 Å². The third-order valence-corrected chi connectivity index (χ3v) is 4.61. The summed E-state index contributed by atoms with van der Waals surface area (Å²) in [7, 11) is -3.50. The number of hydrogen-bond acceptors (Lipinski definition) is 3. The van der Waals surface area contributed by atoms with E-state index < -0.39 is 15.8 Å². The topological polar surface area (TPSA) is 71.4 Å². The Kier molecular flexibility index (Phi) is 4.73. The van der Waals surface area contributed by atoms with E-state index in [1.165, 1.54) is 6.07 Å². The van der Waals surface area contributed by atoms with Gasteiger partial charge in [0.1, 0.15) is 0 Å². The van der Waals surface area contributed by atoms with E-state index >= 15 is 0 Å². The Morgan fingerprint density at radius 1 is 1.26 bits per heavy atom. The summed E-state index contributed by atoms with van der Waals surface area (Å²) in [6.07, 6.45) is 0.245. The number of carboxylic acid groups (broad SMARTS) is 1. The lowest BCUT2D eigenvalue weighted by Gasteiger charge is -2.10. The molecule has 0 unspecified atom stereocenters. The molecular weight excluding hydrogens is 264 g/mol. The Balaban J connectivity index is 3.29. The Morgan fingerprint density at radius 2 is 1.89 bits per heavy atom. The summed E-state index contributed by atoms with van der Waals surface area (Å²) < 4.78 is 24.3.